The van der Waals surface area contributed by atoms with E-state index < -0.39 is 0 Å². The number of benzene rings is 2. The van der Waals surface area contributed by atoms with Crippen LogP contribution in [0.25, 0.3) is 11.1 Å². The number of hydrogen-bond donors (Lipinski definition) is 3. The summed E-state index contributed by atoms with van der Waals surface area (Å²) in [4.78, 5) is 0. The Hall–Kier alpha value is -1.91. The largest absolute Gasteiger partial charge is 0.388 e. The van der Waals surface area contributed by atoms with E-state index >= 15 is 0 Å². The lowest BCUT2D eigenvalue weighted by atomic mass is 9.91. The Labute approximate surface area is 150 Å². The maximum Gasteiger partial charge on any atom is 0.127 e. The van der Waals surface area contributed by atoms with E-state index in [1.807, 2.05) is 38.4 Å². The standard InChI is InChI=1S/C21H28FN3/c1-23-18-6-3-15(4-7-18)16-5-12-21(22)17(13-16)14-25-20-10-8-19(24-2)9-11-20/h3-7,12-13,19-20,23-25H,8-11,14H2,1-2H3/t19-,20-. The second kappa shape index (κ2) is 8.45. The van der Waals surface area contributed by atoms with E-state index in [1.165, 1.54) is 12.8 Å². The van der Waals surface area contributed by atoms with Crippen LogP contribution in [0.3, 0.4) is 0 Å². The predicted molar refractivity (Wildman–Crippen MR) is 103 cm³/mol. The van der Waals surface area contributed by atoms with Crippen molar-refractivity contribution in [2.75, 3.05) is 19.4 Å². The lowest BCUT2D eigenvalue weighted by Gasteiger charge is -2.29. The van der Waals surface area contributed by atoms with Crippen LogP contribution in [-0.2, 0) is 6.54 Å². The van der Waals surface area contributed by atoms with E-state index in [2.05, 4.69) is 28.1 Å². The maximum absolute atomic E-state index is 14.2. The fourth-order valence-electron chi connectivity index (χ4n) is 3.56. The van der Waals surface area contributed by atoms with Crippen molar-refractivity contribution >= 4 is 5.69 Å². The quantitative estimate of drug-likeness (QED) is 0.738. The molecule has 0 amide bonds. The van der Waals surface area contributed by atoms with Crippen LogP contribution in [0.4, 0.5) is 10.1 Å². The monoisotopic (exact) mass is 341 g/mol. The Kier molecular flexibility index (Phi) is 6.05. The molecule has 1 saturated carbocycles. The van der Waals surface area contributed by atoms with Gasteiger partial charge in [0.2, 0.25) is 0 Å². The predicted octanol–water partition coefficient (Wildman–Crippen LogP) is 4.15. The first-order chi connectivity index (χ1) is 12.2. The fraction of sp³-hybridized carbons (Fsp3) is 0.429. The second-order valence-electron chi connectivity index (χ2n) is 6.85. The van der Waals surface area contributed by atoms with Gasteiger partial charge < -0.3 is 16.0 Å². The normalized spacial score (nSPS) is 20.4. The average Bonchev–Trinajstić information content (AvgIpc) is 2.68. The first-order valence-electron chi connectivity index (χ1n) is 9.17. The van der Waals surface area contributed by atoms with Crippen LogP contribution in [0, 0.1) is 5.82 Å². The van der Waals surface area contributed by atoms with E-state index in [0.717, 1.165) is 35.2 Å². The fourth-order valence-corrected chi connectivity index (χ4v) is 3.56. The topological polar surface area (TPSA) is 36.1 Å². The SMILES string of the molecule is CNc1ccc(-c2ccc(F)c(CN[C@H]3CC[C@H](NC)CC3)c2)cc1. The van der Waals surface area contributed by atoms with Gasteiger partial charge in [0.1, 0.15) is 5.82 Å². The third-order valence-electron chi connectivity index (χ3n) is 5.27. The van der Waals surface area contributed by atoms with Gasteiger partial charge in [0.15, 0.2) is 0 Å². The minimum absolute atomic E-state index is 0.132. The van der Waals surface area contributed by atoms with Crippen LogP contribution in [0.2, 0.25) is 0 Å². The highest BCUT2D eigenvalue weighted by Crippen LogP contribution is 2.24. The molecule has 0 saturated heterocycles. The summed E-state index contributed by atoms with van der Waals surface area (Å²) in [5.41, 5.74) is 3.98. The molecule has 4 heteroatoms. The summed E-state index contributed by atoms with van der Waals surface area (Å²) in [6, 6.07) is 14.7. The van der Waals surface area contributed by atoms with Gasteiger partial charge in [-0.3, -0.25) is 0 Å². The second-order valence-corrected chi connectivity index (χ2v) is 6.85. The summed E-state index contributed by atoms with van der Waals surface area (Å²) in [7, 11) is 3.93. The molecule has 0 aromatic heterocycles. The molecule has 3 rings (SSSR count). The zero-order valence-electron chi connectivity index (χ0n) is 15.1. The Morgan fingerprint density at radius 3 is 2.16 bits per heavy atom. The molecule has 0 spiro atoms. The number of hydrogen-bond acceptors (Lipinski definition) is 3. The summed E-state index contributed by atoms with van der Waals surface area (Å²) in [5.74, 6) is -0.132. The summed E-state index contributed by atoms with van der Waals surface area (Å²) in [6.07, 6.45) is 4.68. The van der Waals surface area contributed by atoms with Crippen molar-refractivity contribution in [3.05, 3.63) is 53.8 Å². The van der Waals surface area contributed by atoms with Crippen LogP contribution in [0.1, 0.15) is 31.2 Å². The minimum Gasteiger partial charge on any atom is -0.388 e. The molecule has 3 N–H and O–H groups in total. The Bertz CT molecular complexity index is 676. The maximum atomic E-state index is 14.2. The van der Waals surface area contributed by atoms with Crippen molar-refractivity contribution in [2.24, 2.45) is 0 Å². The van der Waals surface area contributed by atoms with E-state index in [-0.39, 0.29) is 5.82 Å². The van der Waals surface area contributed by atoms with Crippen molar-refractivity contribution < 1.29 is 4.39 Å². The molecule has 1 aliphatic carbocycles. The highest BCUT2D eigenvalue weighted by atomic mass is 19.1. The minimum atomic E-state index is -0.132. The van der Waals surface area contributed by atoms with Crippen LogP contribution >= 0.6 is 0 Å². The van der Waals surface area contributed by atoms with E-state index in [4.69, 9.17) is 0 Å². The third kappa shape index (κ3) is 4.59. The van der Waals surface area contributed by atoms with Crippen LogP contribution in [0.15, 0.2) is 42.5 Å². The van der Waals surface area contributed by atoms with Crippen molar-refractivity contribution in [3.63, 3.8) is 0 Å². The van der Waals surface area contributed by atoms with E-state index in [1.54, 1.807) is 6.07 Å². The molecular formula is C21H28FN3. The molecule has 2 aromatic rings. The molecule has 1 aliphatic rings. The highest BCUT2D eigenvalue weighted by Gasteiger charge is 2.19. The van der Waals surface area contributed by atoms with Crippen LogP contribution in [-0.4, -0.2) is 26.2 Å². The number of rotatable bonds is 6. The van der Waals surface area contributed by atoms with Crippen LogP contribution in [0.5, 0.6) is 0 Å². The van der Waals surface area contributed by atoms with Gasteiger partial charge in [-0.25, -0.2) is 4.39 Å². The number of nitrogens with one attached hydrogen (secondary N) is 3. The third-order valence-corrected chi connectivity index (χ3v) is 5.27. The Morgan fingerprint density at radius 2 is 1.52 bits per heavy atom. The van der Waals surface area contributed by atoms with Gasteiger partial charge >= 0.3 is 0 Å². The number of halogens is 1. The molecule has 3 nitrogen and oxygen atoms in total. The lowest BCUT2D eigenvalue weighted by Crippen LogP contribution is -2.38. The first kappa shape index (κ1) is 17.9. The zero-order valence-corrected chi connectivity index (χ0v) is 15.1. The Morgan fingerprint density at radius 1 is 0.880 bits per heavy atom. The van der Waals surface area contributed by atoms with Gasteiger partial charge in [-0.05, 0) is 68.1 Å². The molecule has 0 aliphatic heterocycles. The molecule has 25 heavy (non-hydrogen) atoms. The van der Waals surface area contributed by atoms with Gasteiger partial charge in [0.25, 0.3) is 0 Å². The summed E-state index contributed by atoms with van der Waals surface area (Å²) < 4.78 is 14.2. The average molecular weight is 341 g/mol. The summed E-state index contributed by atoms with van der Waals surface area (Å²) in [5, 5.41) is 10.0. The van der Waals surface area contributed by atoms with Gasteiger partial charge in [-0.2, -0.15) is 0 Å². The molecule has 0 unspecified atom stereocenters. The molecular weight excluding hydrogens is 313 g/mol. The van der Waals surface area contributed by atoms with Crippen molar-refractivity contribution in [2.45, 2.75) is 44.3 Å². The molecule has 0 radical (unpaired) electrons. The lowest BCUT2D eigenvalue weighted by molar-refractivity contribution is 0.316. The highest BCUT2D eigenvalue weighted by molar-refractivity contribution is 5.66. The van der Waals surface area contributed by atoms with Gasteiger partial charge in [0, 0.05) is 36.9 Å². The Balaban J connectivity index is 1.65. The molecule has 2 aromatic carbocycles. The first-order valence-corrected chi connectivity index (χ1v) is 9.17. The van der Waals surface area contributed by atoms with Crippen molar-refractivity contribution in [1.29, 1.82) is 0 Å². The van der Waals surface area contributed by atoms with Gasteiger partial charge in [-0.15, -0.1) is 0 Å². The molecule has 134 valence electrons. The van der Waals surface area contributed by atoms with Gasteiger partial charge in [0.05, 0.1) is 0 Å². The smallest absolute Gasteiger partial charge is 0.127 e. The molecule has 1 fully saturated rings. The summed E-state index contributed by atoms with van der Waals surface area (Å²) in [6.45, 7) is 0.586. The summed E-state index contributed by atoms with van der Waals surface area (Å²) >= 11 is 0. The zero-order chi connectivity index (χ0) is 17.6. The molecule has 0 heterocycles. The molecule has 0 bridgehead atoms. The number of anilines is 1. The van der Waals surface area contributed by atoms with Crippen molar-refractivity contribution in [1.82, 2.24) is 10.6 Å². The van der Waals surface area contributed by atoms with Crippen LogP contribution < -0.4 is 16.0 Å². The van der Waals surface area contributed by atoms with Crippen molar-refractivity contribution in [3.8, 4) is 11.1 Å². The molecule has 0 atom stereocenters. The van der Waals surface area contributed by atoms with E-state index in [0.29, 0.717) is 18.6 Å². The van der Waals surface area contributed by atoms with Gasteiger partial charge in [-0.1, -0.05) is 18.2 Å². The van der Waals surface area contributed by atoms with E-state index in [9.17, 15) is 4.39 Å².